The molecule has 0 aliphatic carbocycles. The number of nitrogens with one attached hydrogen (secondary N) is 1. The van der Waals surface area contributed by atoms with Crippen molar-refractivity contribution in [3.05, 3.63) is 94.3 Å². The summed E-state index contributed by atoms with van der Waals surface area (Å²) in [7, 11) is 0. The van der Waals surface area contributed by atoms with Crippen molar-refractivity contribution >= 4 is 34.5 Å². The number of hydrogen-bond donors (Lipinski definition) is 2. The van der Waals surface area contributed by atoms with Gasteiger partial charge < -0.3 is 9.67 Å². The fraction of sp³-hybridized carbons (Fsp3) is 0.0833. The van der Waals surface area contributed by atoms with Crippen molar-refractivity contribution in [3.8, 4) is 11.4 Å². The highest BCUT2D eigenvalue weighted by Gasteiger charge is 2.13. The van der Waals surface area contributed by atoms with Crippen LogP contribution in [0, 0.1) is 13.8 Å². The molecule has 0 aliphatic heterocycles. The van der Waals surface area contributed by atoms with Gasteiger partial charge in [-0.2, -0.15) is 5.10 Å². The summed E-state index contributed by atoms with van der Waals surface area (Å²) in [5.41, 5.74) is 6.33. The van der Waals surface area contributed by atoms with E-state index in [1.54, 1.807) is 18.2 Å². The van der Waals surface area contributed by atoms with Crippen molar-refractivity contribution in [2.75, 3.05) is 0 Å². The van der Waals surface area contributed by atoms with Crippen molar-refractivity contribution in [1.82, 2.24) is 9.99 Å². The Morgan fingerprint density at radius 2 is 1.77 bits per heavy atom. The van der Waals surface area contributed by atoms with Crippen molar-refractivity contribution in [2.45, 2.75) is 13.8 Å². The third-order valence-electron chi connectivity index (χ3n) is 5.03. The Hall–Kier alpha value is -3.57. The van der Waals surface area contributed by atoms with Crippen LogP contribution in [0.2, 0.25) is 5.02 Å². The number of fused-ring (bicyclic) bond motifs is 1. The molecule has 4 rings (SSSR count). The number of phenolic OH excluding ortho intramolecular Hbond substituents is 1. The average molecular weight is 418 g/mol. The SMILES string of the molecule is Cc1ccc(C)n1-c1ccc(Cl)c(C(=O)N/N=C/c2c(O)ccc3ccccc23)c1. The molecule has 1 amide bonds. The molecule has 0 atom stereocenters. The summed E-state index contributed by atoms with van der Waals surface area (Å²) < 4.78 is 2.05. The van der Waals surface area contributed by atoms with Gasteiger partial charge in [-0.15, -0.1) is 0 Å². The Bertz CT molecular complexity index is 1270. The molecule has 150 valence electrons. The van der Waals surface area contributed by atoms with E-state index in [1.807, 2.05) is 66.9 Å². The molecular weight excluding hydrogens is 398 g/mol. The lowest BCUT2D eigenvalue weighted by Gasteiger charge is -2.12. The lowest BCUT2D eigenvalue weighted by Crippen LogP contribution is -2.18. The van der Waals surface area contributed by atoms with Crippen LogP contribution in [0.1, 0.15) is 27.3 Å². The van der Waals surface area contributed by atoms with E-state index >= 15 is 0 Å². The minimum Gasteiger partial charge on any atom is -0.507 e. The van der Waals surface area contributed by atoms with Gasteiger partial charge in [-0.25, -0.2) is 5.43 Å². The summed E-state index contributed by atoms with van der Waals surface area (Å²) in [6.45, 7) is 4.00. The number of halogens is 1. The molecule has 0 unspecified atom stereocenters. The van der Waals surface area contributed by atoms with Gasteiger partial charge >= 0.3 is 0 Å². The summed E-state index contributed by atoms with van der Waals surface area (Å²) in [6, 6.07) is 20.4. The molecule has 0 aliphatic rings. The average Bonchev–Trinajstić information content (AvgIpc) is 3.08. The number of nitrogens with zero attached hydrogens (tertiary/aromatic N) is 2. The molecule has 2 N–H and O–H groups in total. The normalized spacial score (nSPS) is 11.3. The van der Waals surface area contributed by atoms with Crippen LogP contribution in [0.3, 0.4) is 0 Å². The zero-order valence-corrected chi connectivity index (χ0v) is 17.3. The lowest BCUT2D eigenvalue weighted by atomic mass is 10.0. The Kier molecular flexibility index (Phi) is 5.29. The number of aromatic hydroxyl groups is 1. The smallest absolute Gasteiger partial charge is 0.272 e. The van der Waals surface area contributed by atoms with Crippen LogP contribution < -0.4 is 5.43 Å². The molecule has 0 spiro atoms. The fourth-order valence-electron chi connectivity index (χ4n) is 3.54. The lowest BCUT2D eigenvalue weighted by molar-refractivity contribution is 0.0955. The number of carbonyl (C=O) groups is 1. The minimum atomic E-state index is -0.430. The standard InChI is InChI=1S/C24H20ClN3O2/c1-15-7-8-16(2)28(15)18-10-11-22(25)20(13-18)24(30)27-26-14-21-19-6-4-3-5-17(19)9-12-23(21)29/h3-14,29H,1-2H3,(H,27,30)/b26-14+. The highest BCUT2D eigenvalue weighted by Crippen LogP contribution is 2.26. The van der Waals surface area contributed by atoms with Crippen molar-refractivity contribution in [1.29, 1.82) is 0 Å². The summed E-state index contributed by atoms with van der Waals surface area (Å²) >= 11 is 6.27. The molecule has 1 heterocycles. The molecule has 6 heteroatoms. The van der Waals surface area contributed by atoms with Crippen LogP contribution in [0.25, 0.3) is 16.5 Å². The van der Waals surface area contributed by atoms with Gasteiger partial charge in [0.25, 0.3) is 5.91 Å². The van der Waals surface area contributed by atoms with E-state index in [0.717, 1.165) is 27.8 Å². The van der Waals surface area contributed by atoms with Gasteiger partial charge in [0.05, 0.1) is 16.8 Å². The maximum Gasteiger partial charge on any atom is 0.272 e. The molecule has 30 heavy (non-hydrogen) atoms. The quantitative estimate of drug-likeness (QED) is 0.346. The first-order chi connectivity index (χ1) is 14.5. The predicted octanol–water partition coefficient (Wildman–Crippen LogP) is 5.37. The molecule has 0 radical (unpaired) electrons. The topological polar surface area (TPSA) is 66.6 Å². The summed E-state index contributed by atoms with van der Waals surface area (Å²) in [5.74, 6) is -0.342. The number of hydrazone groups is 1. The number of amides is 1. The largest absolute Gasteiger partial charge is 0.507 e. The van der Waals surface area contributed by atoms with Crippen molar-refractivity contribution < 1.29 is 9.90 Å². The number of benzene rings is 3. The van der Waals surface area contributed by atoms with E-state index in [0.29, 0.717) is 16.1 Å². The molecule has 0 fully saturated rings. The van der Waals surface area contributed by atoms with Gasteiger partial charge in [-0.1, -0.05) is 41.9 Å². The van der Waals surface area contributed by atoms with E-state index in [4.69, 9.17) is 11.6 Å². The van der Waals surface area contributed by atoms with Crippen molar-refractivity contribution in [2.24, 2.45) is 5.10 Å². The fourth-order valence-corrected chi connectivity index (χ4v) is 3.74. The third-order valence-corrected chi connectivity index (χ3v) is 5.36. The van der Waals surface area contributed by atoms with Gasteiger partial charge in [-0.3, -0.25) is 4.79 Å². The Morgan fingerprint density at radius 1 is 1.03 bits per heavy atom. The number of hydrogen-bond acceptors (Lipinski definition) is 3. The highest BCUT2D eigenvalue weighted by molar-refractivity contribution is 6.34. The van der Waals surface area contributed by atoms with Crippen LogP contribution >= 0.6 is 11.6 Å². The van der Waals surface area contributed by atoms with Crippen LogP contribution in [-0.4, -0.2) is 21.8 Å². The van der Waals surface area contributed by atoms with Crippen molar-refractivity contribution in [3.63, 3.8) is 0 Å². The first-order valence-electron chi connectivity index (χ1n) is 9.44. The van der Waals surface area contributed by atoms with Gasteiger partial charge in [0.1, 0.15) is 5.75 Å². The van der Waals surface area contributed by atoms with E-state index in [-0.39, 0.29) is 5.75 Å². The van der Waals surface area contributed by atoms with E-state index < -0.39 is 5.91 Å². The summed E-state index contributed by atoms with van der Waals surface area (Å²) in [4.78, 5) is 12.7. The molecule has 3 aromatic carbocycles. The third kappa shape index (κ3) is 3.67. The van der Waals surface area contributed by atoms with Gasteiger partial charge in [0.15, 0.2) is 0 Å². The molecule has 4 aromatic rings. The molecule has 5 nitrogen and oxygen atoms in total. The first-order valence-corrected chi connectivity index (χ1v) is 9.82. The zero-order valence-electron chi connectivity index (χ0n) is 16.6. The molecular formula is C24H20ClN3O2. The highest BCUT2D eigenvalue weighted by atomic mass is 35.5. The molecule has 0 bridgehead atoms. The van der Waals surface area contributed by atoms with E-state index in [1.165, 1.54) is 6.21 Å². The van der Waals surface area contributed by atoms with Crippen LogP contribution in [-0.2, 0) is 0 Å². The molecule has 0 saturated carbocycles. The number of aromatic nitrogens is 1. The van der Waals surface area contributed by atoms with Gasteiger partial charge in [0, 0.05) is 22.6 Å². The number of phenols is 1. The van der Waals surface area contributed by atoms with Crippen LogP contribution in [0.15, 0.2) is 71.8 Å². The maximum atomic E-state index is 12.7. The van der Waals surface area contributed by atoms with Gasteiger partial charge in [0.2, 0.25) is 0 Å². The number of aryl methyl sites for hydroxylation is 2. The summed E-state index contributed by atoms with van der Waals surface area (Å²) in [6.07, 6.45) is 1.44. The zero-order chi connectivity index (χ0) is 21.3. The molecule has 0 saturated heterocycles. The predicted molar refractivity (Wildman–Crippen MR) is 121 cm³/mol. The van der Waals surface area contributed by atoms with E-state index in [9.17, 15) is 9.90 Å². The first kappa shape index (κ1) is 19.7. The second-order valence-corrected chi connectivity index (χ2v) is 7.44. The Labute approximate surface area is 179 Å². The number of rotatable bonds is 4. The second-order valence-electron chi connectivity index (χ2n) is 7.03. The van der Waals surface area contributed by atoms with Crippen LogP contribution in [0.4, 0.5) is 0 Å². The molecule has 1 aromatic heterocycles. The summed E-state index contributed by atoms with van der Waals surface area (Å²) in [5, 5.41) is 16.4. The Morgan fingerprint density at radius 3 is 2.53 bits per heavy atom. The number of carbonyl (C=O) groups excluding carboxylic acids is 1. The minimum absolute atomic E-state index is 0.0882. The van der Waals surface area contributed by atoms with E-state index in [2.05, 4.69) is 10.5 Å². The monoisotopic (exact) mass is 417 g/mol. The van der Waals surface area contributed by atoms with Crippen LogP contribution in [0.5, 0.6) is 5.75 Å². The Balaban J connectivity index is 1.61. The maximum absolute atomic E-state index is 12.7. The van der Waals surface area contributed by atoms with Gasteiger partial charge in [-0.05, 0) is 61.0 Å². The second kappa shape index (κ2) is 8.05.